The Bertz CT molecular complexity index is 1220. The number of nitrogens with zero attached hydrogens (tertiary/aromatic N) is 4. The summed E-state index contributed by atoms with van der Waals surface area (Å²) in [6.45, 7) is 2.56. The zero-order chi connectivity index (χ0) is 24.3. The molecule has 180 valence electrons. The second-order valence-electron chi connectivity index (χ2n) is 8.64. The lowest BCUT2D eigenvalue weighted by Crippen LogP contribution is -2.64. The minimum atomic E-state index is -3.14. The van der Waals surface area contributed by atoms with Crippen molar-refractivity contribution in [2.24, 2.45) is 10.7 Å². The van der Waals surface area contributed by atoms with Crippen LogP contribution in [0.1, 0.15) is 49.9 Å². The van der Waals surface area contributed by atoms with Gasteiger partial charge in [-0.3, -0.25) is 18.7 Å². The Morgan fingerprint density at radius 1 is 1.39 bits per heavy atom. The summed E-state index contributed by atoms with van der Waals surface area (Å²) in [6, 6.07) is 2.28. The summed E-state index contributed by atoms with van der Waals surface area (Å²) >= 11 is 5.84. The number of alkyl halides is 2. The van der Waals surface area contributed by atoms with E-state index >= 15 is 4.39 Å². The Kier molecular flexibility index (Phi) is 5.57. The topological polar surface area (TPSA) is 127 Å². The fourth-order valence-electron chi connectivity index (χ4n) is 4.39. The van der Waals surface area contributed by atoms with Crippen molar-refractivity contribution in [2.45, 2.75) is 49.3 Å². The van der Waals surface area contributed by atoms with E-state index < -0.39 is 49.6 Å². The first-order valence-electron chi connectivity index (χ1n) is 10.0. The molecule has 1 amide bonds. The summed E-state index contributed by atoms with van der Waals surface area (Å²) in [5, 5.41) is 4.99. The summed E-state index contributed by atoms with van der Waals surface area (Å²) in [7, 11) is -3.14. The van der Waals surface area contributed by atoms with Crippen molar-refractivity contribution >= 4 is 39.3 Å². The molecule has 1 saturated heterocycles. The van der Waals surface area contributed by atoms with Gasteiger partial charge < -0.3 is 11.1 Å². The number of anilines is 1. The summed E-state index contributed by atoms with van der Waals surface area (Å²) in [4.78, 5) is 21.3. The molecule has 4 rings (SSSR count). The third-order valence-corrected chi connectivity index (χ3v) is 10.8. The van der Waals surface area contributed by atoms with E-state index in [1.165, 1.54) is 6.07 Å². The molecule has 4 N–H and O–H groups in total. The maximum absolute atomic E-state index is 15.0. The van der Waals surface area contributed by atoms with Crippen LogP contribution in [0, 0.1) is 5.82 Å². The van der Waals surface area contributed by atoms with Crippen LogP contribution in [0.5, 0.6) is 0 Å². The number of amidine groups is 1. The van der Waals surface area contributed by atoms with Crippen LogP contribution in [-0.2, 0) is 15.7 Å². The molecule has 0 aromatic carbocycles. The second-order valence-corrected chi connectivity index (χ2v) is 12.4. The minimum absolute atomic E-state index is 0.0836. The molecular weight excluding hydrogens is 483 g/mol. The number of hydrogen-bond acceptors (Lipinski definition) is 6. The smallest absolute Gasteiger partial charge is 0.333 e. The first-order chi connectivity index (χ1) is 15.3. The van der Waals surface area contributed by atoms with E-state index in [0.29, 0.717) is 13.0 Å². The molecule has 0 spiro atoms. The quantitative estimate of drug-likeness (QED) is 0.474. The van der Waals surface area contributed by atoms with Crippen LogP contribution in [0.4, 0.5) is 19.0 Å². The number of fused-ring (bicyclic) bond motifs is 1. The fraction of sp³-hybridized carbons (Fsp3) is 0.474. The third kappa shape index (κ3) is 3.53. The summed E-state index contributed by atoms with van der Waals surface area (Å²) < 4.78 is 57.0. The molecule has 1 fully saturated rings. The van der Waals surface area contributed by atoms with Gasteiger partial charge in [-0.15, -0.1) is 0 Å². The maximum atomic E-state index is 15.0. The zero-order valence-electron chi connectivity index (χ0n) is 17.9. The lowest BCUT2D eigenvalue weighted by Gasteiger charge is -2.50. The molecule has 2 aliphatic rings. The van der Waals surface area contributed by atoms with Gasteiger partial charge in [0.2, 0.25) is 0 Å². The van der Waals surface area contributed by atoms with Crippen molar-refractivity contribution in [3.8, 4) is 0 Å². The van der Waals surface area contributed by atoms with E-state index in [9.17, 15) is 17.8 Å². The molecule has 0 radical (unpaired) electrons. The van der Waals surface area contributed by atoms with E-state index in [-0.39, 0.29) is 27.1 Å². The highest BCUT2D eigenvalue weighted by Crippen LogP contribution is 2.48. The molecule has 2 aliphatic heterocycles. The minimum Gasteiger partial charge on any atom is -0.386 e. The van der Waals surface area contributed by atoms with E-state index in [1.54, 1.807) is 20.8 Å². The number of pyridine rings is 1. The SMILES string of the molecule is CC1(C)C(N)=N[C@](C)(c2nc(NC(=O)c3nn(C(F)F)cc3Cl)ccc2F)[C@@H]2CCN[SH]21=O. The van der Waals surface area contributed by atoms with Gasteiger partial charge in [0.15, 0.2) is 5.69 Å². The van der Waals surface area contributed by atoms with Crippen molar-refractivity contribution in [1.82, 2.24) is 19.5 Å². The molecule has 2 atom stereocenters. The van der Waals surface area contributed by atoms with Crippen molar-refractivity contribution in [3.63, 3.8) is 0 Å². The van der Waals surface area contributed by atoms with Crippen LogP contribution in [0.25, 0.3) is 0 Å². The van der Waals surface area contributed by atoms with E-state index in [4.69, 9.17) is 17.3 Å². The number of nitrogens with two attached hydrogens (primary N) is 1. The number of rotatable bonds is 4. The van der Waals surface area contributed by atoms with E-state index in [0.717, 1.165) is 12.3 Å². The van der Waals surface area contributed by atoms with E-state index in [2.05, 4.69) is 25.1 Å². The van der Waals surface area contributed by atoms with Gasteiger partial charge in [0, 0.05) is 6.54 Å². The van der Waals surface area contributed by atoms with Gasteiger partial charge in [0.05, 0.1) is 21.2 Å². The molecule has 2 aromatic heterocycles. The summed E-state index contributed by atoms with van der Waals surface area (Å²) in [5.74, 6) is -1.60. The average molecular weight is 506 g/mol. The average Bonchev–Trinajstić information content (AvgIpc) is 3.33. The highest BCUT2D eigenvalue weighted by Gasteiger charge is 2.59. The first-order valence-corrected chi connectivity index (χ1v) is 12.2. The summed E-state index contributed by atoms with van der Waals surface area (Å²) in [6.07, 6.45) is 1.28. The molecule has 33 heavy (non-hydrogen) atoms. The summed E-state index contributed by atoms with van der Waals surface area (Å²) in [5.41, 5.74) is 4.24. The molecule has 2 aromatic rings. The predicted octanol–water partition coefficient (Wildman–Crippen LogP) is 2.38. The maximum Gasteiger partial charge on any atom is 0.333 e. The molecular formula is C19H23ClF3N7O2S. The van der Waals surface area contributed by atoms with Crippen LogP contribution in [0.3, 0.4) is 0 Å². The molecule has 0 bridgehead atoms. The number of hydrogen-bond donors (Lipinski definition) is 4. The van der Waals surface area contributed by atoms with Gasteiger partial charge in [-0.2, -0.15) is 13.9 Å². The Hall–Kier alpha value is -2.51. The van der Waals surface area contributed by atoms with Gasteiger partial charge >= 0.3 is 6.55 Å². The van der Waals surface area contributed by atoms with Crippen LogP contribution >= 0.6 is 11.6 Å². The van der Waals surface area contributed by atoms with Crippen molar-refractivity contribution in [1.29, 1.82) is 0 Å². The molecule has 0 unspecified atom stereocenters. The number of carbonyl (C=O) groups excluding carboxylic acids is 1. The van der Waals surface area contributed by atoms with Gasteiger partial charge in [0.1, 0.15) is 28.7 Å². The highest BCUT2D eigenvalue weighted by atomic mass is 35.5. The number of halogens is 4. The number of carbonyl (C=O) groups is 1. The van der Waals surface area contributed by atoms with Gasteiger partial charge in [-0.05, 0) is 49.4 Å². The highest BCUT2D eigenvalue weighted by molar-refractivity contribution is 8.04. The molecule has 9 nitrogen and oxygen atoms in total. The Morgan fingerprint density at radius 3 is 2.73 bits per heavy atom. The normalized spacial score (nSPS) is 26.5. The Labute approximate surface area is 193 Å². The van der Waals surface area contributed by atoms with Gasteiger partial charge in [-0.1, -0.05) is 11.6 Å². The predicted molar refractivity (Wildman–Crippen MR) is 120 cm³/mol. The van der Waals surface area contributed by atoms with E-state index in [1.807, 2.05) is 0 Å². The standard InChI is InChI=1S/C19H23ClF3N7O2S/c1-18(2)16(24)28-19(3,11-6-7-25-33(11,18)32)14-10(21)4-5-12(26-14)27-15(31)13-9(20)8-30(29-13)17(22)23/h4-5,8,11,17,33H,6-7H2,1-3H3,(H2,24,28)(H,25,32)(H,26,27,31)/t11-,19-/m0/s1. The molecule has 14 heteroatoms. The Balaban J connectivity index is 1.73. The van der Waals surface area contributed by atoms with Crippen molar-refractivity contribution in [2.75, 3.05) is 11.9 Å². The molecule has 4 heterocycles. The van der Waals surface area contributed by atoms with Crippen LogP contribution in [0.15, 0.2) is 23.3 Å². The number of aromatic nitrogens is 3. The zero-order valence-corrected chi connectivity index (χ0v) is 19.6. The van der Waals surface area contributed by atoms with Gasteiger partial charge in [0.25, 0.3) is 5.91 Å². The number of nitrogens with one attached hydrogen (secondary N) is 2. The van der Waals surface area contributed by atoms with Gasteiger partial charge in [-0.25, -0.2) is 14.1 Å². The van der Waals surface area contributed by atoms with Crippen molar-refractivity contribution in [3.05, 3.63) is 40.6 Å². The lowest BCUT2D eigenvalue weighted by molar-refractivity contribution is 0.0561. The fourth-order valence-corrected chi connectivity index (χ4v) is 8.24. The second kappa shape index (κ2) is 7.77. The number of thiol groups is 1. The number of amides is 1. The first kappa shape index (κ1) is 23.6. The monoisotopic (exact) mass is 505 g/mol. The molecule has 0 saturated carbocycles. The third-order valence-electron chi connectivity index (χ3n) is 6.33. The molecule has 0 aliphatic carbocycles. The van der Waals surface area contributed by atoms with Crippen LogP contribution < -0.4 is 15.8 Å². The largest absolute Gasteiger partial charge is 0.386 e. The number of aliphatic imine (C=N–C) groups is 1. The lowest BCUT2D eigenvalue weighted by atomic mass is 9.90. The van der Waals surface area contributed by atoms with Crippen molar-refractivity contribution < 1.29 is 22.2 Å². The van der Waals surface area contributed by atoms with Crippen LogP contribution in [0.2, 0.25) is 5.02 Å². The van der Waals surface area contributed by atoms with Crippen LogP contribution in [-0.4, -0.2) is 47.3 Å². The Morgan fingerprint density at radius 2 is 2.09 bits per heavy atom.